The van der Waals surface area contributed by atoms with Crippen LogP contribution in [0.15, 0.2) is 30.3 Å². The lowest BCUT2D eigenvalue weighted by molar-refractivity contribution is 0.484. The summed E-state index contributed by atoms with van der Waals surface area (Å²) in [7, 11) is -2.71. The van der Waals surface area contributed by atoms with Gasteiger partial charge in [-0.1, -0.05) is 18.2 Å². The van der Waals surface area contributed by atoms with Crippen molar-refractivity contribution in [2.75, 3.05) is 24.1 Å². The Morgan fingerprint density at radius 1 is 1.07 bits per heavy atom. The van der Waals surface area contributed by atoms with Crippen molar-refractivity contribution in [1.29, 1.82) is 0 Å². The van der Waals surface area contributed by atoms with Gasteiger partial charge < -0.3 is 4.52 Å². The third-order valence-corrected chi connectivity index (χ3v) is 5.12. The normalized spacial score (nSPS) is 11.3. The van der Waals surface area contributed by atoms with Crippen LogP contribution in [0.4, 0.5) is 0 Å². The summed E-state index contributed by atoms with van der Waals surface area (Å²) in [6.45, 7) is 0. The molecule has 0 N–H and O–H groups in total. The lowest BCUT2D eigenvalue weighted by atomic mass is 10.3. The van der Waals surface area contributed by atoms with E-state index in [0.717, 1.165) is 0 Å². The molecule has 0 atom stereocenters. The van der Waals surface area contributed by atoms with Crippen molar-refractivity contribution in [2.24, 2.45) is 0 Å². The summed E-state index contributed by atoms with van der Waals surface area (Å²) in [5, 5.41) is 0. The molecular weight excluding hydrogens is 254 g/mol. The van der Waals surface area contributed by atoms with E-state index in [9.17, 15) is 4.57 Å². The lowest BCUT2D eigenvalue weighted by Gasteiger charge is -2.17. The zero-order valence-electron chi connectivity index (χ0n) is 8.23. The van der Waals surface area contributed by atoms with E-state index >= 15 is 0 Å². The van der Waals surface area contributed by atoms with Gasteiger partial charge in [0.25, 0.3) is 0 Å². The second-order valence-electron chi connectivity index (χ2n) is 3.04. The molecule has 0 spiro atoms. The maximum atomic E-state index is 12.2. The van der Waals surface area contributed by atoms with Crippen LogP contribution in [0.25, 0.3) is 0 Å². The van der Waals surface area contributed by atoms with Crippen LogP contribution < -0.4 is 4.52 Å². The predicted octanol–water partition coefficient (Wildman–Crippen LogP) is 3.82. The summed E-state index contributed by atoms with van der Waals surface area (Å²) in [5.74, 6) is 1.25. The molecule has 1 aromatic carbocycles. The van der Waals surface area contributed by atoms with E-state index in [4.69, 9.17) is 27.7 Å². The molecule has 0 aliphatic rings. The average Bonchev–Trinajstić information content (AvgIpc) is 2.19. The molecule has 0 radical (unpaired) electrons. The summed E-state index contributed by atoms with van der Waals surface area (Å²) in [4.78, 5) is 0. The topological polar surface area (TPSA) is 26.3 Å². The molecule has 0 aliphatic carbocycles. The van der Waals surface area contributed by atoms with Gasteiger partial charge in [-0.25, -0.2) is 0 Å². The molecule has 0 aliphatic heterocycles. The minimum absolute atomic E-state index is 0.320. The van der Waals surface area contributed by atoms with E-state index in [1.165, 1.54) is 0 Å². The highest BCUT2D eigenvalue weighted by Crippen LogP contribution is 2.46. The third kappa shape index (κ3) is 4.46. The van der Waals surface area contributed by atoms with E-state index in [1.54, 1.807) is 12.1 Å². The van der Waals surface area contributed by atoms with Gasteiger partial charge in [-0.15, -0.1) is 23.2 Å². The van der Waals surface area contributed by atoms with Crippen LogP contribution in [0.1, 0.15) is 0 Å². The standard InChI is InChI=1S/C10H13Cl2O2P/c11-6-8-15(13,9-7-12)14-10-4-2-1-3-5-10/h1-5H,6-9H2. The molecule has 2 nitrogen and oxygen atoms in total. The van der Waals surface area contributed by atoms with Crippen LogP contribution in [0.3, 0.4) is 0 Å². The van der Waals surface area contributed by atoms with E-state index in [0.29, 0.717) is 29.8 Å². The van der Waals surface area contributed by atoms with Gasteiger partial charge >= 0.3 is 0 Å². The fourth-order valence-electron chi connectivity index (χ4n) is 1.13. The van der Waals surface area contributed by atoms with Crippen molar-refractivity contribution in [1.82, 2.24) is 0 Å². The second kappa shape index (κ2) is 6.42. The predicted molar refractivity (Wildman–Crippen MR) is 65.9 cm³/mol. The van der Waals surface area contributed by atoms with E-state index in [-0.39, 0.29) is 0 Å². The molecular formula is C10H13Cl2O2P. The van der Waals surface area contributed by atoms with Crippen molar-refractivity contribution in [3.8, 4) is 5.75 Å². The number of hydrogen-bond acceptors (Lipinski definition) is 2. The number of halogens is 2. The smallest absolute Gasteiger partial charge is 0.250 e. The number of benzene rings is 1. The molecule has 0 unspecified atom stereocenters. The van der Waals surface area contributed by atoms with E-state index in [1.807, 2.05) is 18.2 Å². The fourth-order valence-corrected chi connectivity index (χ4v) is 4.11. The molecule has 15 heavy (non-hydrogen) atoms. The highest BCUT2D eigenvalue weighted by atomic mass is 35.5. The zero-order chi connectivity index (χ0) is 11.1. The van der Waals surface area contributed by atoms with Crippen LogP contribution in [0, 0.1) is 0 Å². The van der Waals surface area contributed by atoms with E-state index < -0.39 is 7.37 Å². The second-order valence-corrected chi connectivity index (χ2v) is 6.51. The Balaban J connectivity index is 2.71. The fraction of sp³-hybridized carbons (Fsp3) is 0.400. The highest BCUT2D eigenvalue weighted by Gasteiger charge is 2.22. The number of alkyl halides is 2. The van der Waals surface area contributed by atoms with Crippen LogP contribution in [-0.2, 0) is 4.57 Å². The summed E-state index contributed by atoms with van der Waals surface area (Å²) >= 11 is 11.2. The zero-order valence-corrected chi connectivity index (χ0v) is 10.6. The van der Waals surface area contributed by atoms with Crippen LogP contribution in [0.5, 0.6) is 5.75 Å². The molecule has 1 rings (SSSR count). The minimum atomic E-state index is -2.71. The molecule has 84 valence electrons. The summed E-state index contributed by atoms with van der Waals surface area (Å²) in [6.07, 6.45) is 0.715. The van der Waals surface area contributed by atoms with Crippen LogP contribution in [-0.4, -0.2) is 24.1 Å². The van der Waals surface area contributed by atoms with Crippen LogP contribution >= 0.6 is 30.6 Å². The number of hydrogen-bond donors (Lipinski definition) is 0. The van der Waals surface area contributed by atoms with Gasteiger partial charge in [0.1, 0.15) is 5.75 Å². The Kier molecular flexibility index (Phi) is 5.52. The average molecular weight is 267 g/mol. The largest absolute Gasteiger partial charge is 0.443 e. The Hall–Kier alpha value is -0.170. The van der Waals surface area contributed by atoms with Gasteiger partial charge in [-0.05, 0) is 12.1 Å². The van der Waals surface area contributed by atoms with Gasteiger partial charge in [0.15, 0.2) is 0 Å². The van der Waals surface area contributed by atoms with Crippen molar-refractivity contribution in [2.45, 2.75) is 0 Å². The summed E-state index contributed by atoms with van der Waals surface area (Å²) in [6, 6.07) is 9.09. The molecule has 1 aromatic rings. The maximum absolute atomic E-state index is 12.2. The SMILES string of the molecule is O=P(CCCl)(CCCl)Oc1ccccc1. The summed E-state index contributed by atoms with van der Waals surface area (Å²) in [5.41, 5.74) is 0. The Morgan fingerprint density at radius 3 is 2.07 bits per heavy atom. The van der Waals surface area contributed by atoms with Gasteiger partial charge in [0, 0.05) is 24.1 Å². The van der Waals surface area contributed by atoms with Crippen molar-refractivity contribution >= 4 is 30.6 Å². The first-order chi connectivity index (χ1) is 7.20. The molecule has 5 heteroatoms. The minimum Gasteiger partial charge on any atom is -0.443 e. The molecule has 0 saturated carbocycles. The quantitative estimate of drug-likeness (QED) is 0.578. The first-order valence-corrected chi connectivity index (χ1v) is 7.71. The molecule has 0 heterocycles. The highest BCUT2D eigenvalue weighted by molar-refractivity contribution is 7.59. The summed E-state index contributed by atoms with van der Waals surface area (Å²) < 4.78 is 17.7. The Labute approximate surface area is 100.0 Å². The maximum Gasteiger partial charge on any atom is 0.250 e. The molecule has 0 amide bonds. The van der Waals surface area contributed by atoms with Crippen molar-refractivity contribution < 1.29 is 9.09 Å². The monoisotopic (exact) mass is 266 g/mol. The van der Waals surface area contributed by atoms with Gasteiger partial charge in [0.05, 0.1) is 0 Å². The Morgan fingerprint density at radius 2 is 1.60 bits per heavy atom. The molecule has 0 fully saturated rings. The van der Waals surface area contributed by atoms with Gasteiger partial charge in [-0.3, -0.25) is 4.57 Å². The number of rotatable bonds is 6. The van der Waals surface area contributed by atoms with Gasteiger partial charge in [-0.2, -0.15) is 0 Å². The Bertz CT molecular complexity index is 319. The van der Waals surface area contributed by atoms with E-state index in [2.05, 4.69) is 0 Å². The number of para-hydroxylation sites is 1. The van der Waals surface area contributed by atoms with Crippen molar-refractivity contribution in [3.05, 3.63) is 30.3 Å². The van der Waals surface area contributed by atoms with Crippen LogP contribution in [0.2, 0.25) is 0 Å². The molecule has 0 saturated heterocycles. The molecule has 0 bridgehead atoms. The first kappa shape index (κ1) is 12.9. The first-order valence-electron chi connectivity index (χ1n) is 4.65. The molecule has 0 aromatic heterocycles. The lowest BCUT2D eigenvalue weighted by Crippen LogP contribution is -2.04. The van der Waals surface area contributed by atoms with Gasteiger partial charge in [0.2, 0.25) is 7.37 Å². The van der Waals surface area contributed by atoms with Crippen molar-refractivity contribution in [3.63, 3.8) is 0 Å². The third-order valence-electron chi connectivity index (χ3n) is 1.87.